The minimum absolute atomic E-state index is 0.0331. The molecule has 0 aliphatic carbocycles. The number of pyridine rings is 1. The number of hydrogen-bond acceptors (Lipinski definition) is 5. The van der Waals surface area contributed by atoms with Gasteiger partial charge in [0.1, 0.15) is 0 Å². The van der Waals surface area contributed by atoms with Crippen LogP contribution in [0.15, 0.2) is 35.3 Å². The van der Waals surface area contributed by atoms with Gasteiger partial charge >= 0.3 is 0 Å². The molecule has 2 aliphatic heterocycles. The van der Waals surface area contributed by atoms with E-state index in [9.17, 15) is 4.79 Å². The lowest BCUT2D eigenvalue weighted by Crippen LogP contribution is -2.64. The van der Waals surface area contributed by atoms with E-state index in [2.05, 4.69) is 27.0 Å². The molecule has 1 amide bonds. The summed E-state index contributed by atoms with van der Waals surface area (Å²) in [6.07, 6.45) is 6.07. The molecule has 0 spiro atoms. The van der Waals surface area contributed by atoms with E-state index in [-0.39, 0.29) is 5.91 Å². The van der Waals surface area contributed by atoms with Crippen molar-refractivity contribution in [1.29, 1.82) is 0 Å². The molecule has 2 aliphatic rings. The highest BCUT2D eigenvalue weighted by Gasteiger charge is 2.43. The lowest BCUT2D eigenvalue weighted by atomic mass is 9.82. The van der Waals surface area contributed by atoms with Crippen LogP contribution in [-0.2, 0) is 6.54 Å². The summed E-state index contributed by atoms with van der Waals surface area (Å²) in [4.78, 5) is 25.0. The fourth-order valence-corrected chi connectivity index (χ4v) is 3.65. The van der Waals surface area contributed by atoms with Crippen molar-refractivity contribution in [1.82, 2.24) is 19.8 Å². The minimum Gasteiger partial charge on any atom is -0.438 e. The van der Waals surface area contributed by atoms with Crippen molar-refractivity contribution in [2.24, 2.45) is 5.92 Å². The summed E-state index contributed by atoms with van der Waals surface area (Å²) >= 11 is 0. The van der Waals surface area contributed by atoms with Crippen LogP contribution in [0, 0.1) is 12.8 Å². The van der Waals surface area contributed by atoms with Gasteiger partial charge in [0.2, 0.25) is 5.76 Å². The first-order valence-corrected chi connectivity index (χ1v) is 8.04. The Labute approximate surface area is 135 Å². The molecule has 2 aromatic rings. The monoisotopic (exact) mass is 312 g/mol. The van der Waals surface area contributed by atoms with Crippen LogP contribution in [0.2, 0.25) is 0 Å². The minimum atomic E-state index is -0.0331. The molecule has 0 aromatic carbocycles. The third-order valence-corrected chi connectivity index (χ3v) is 5.02. The molecule has 2 aromatic heterocycles. The van der Waals surface area contributed by atoms with Gasteiger partial charge in [0, 0.05) is 44.6 Å². The van der Waals surface area contributed by atoms with Crippen molar-refractivity contribution in [3.63, 3.8) is 0 Å². The number of aryl methyl sites for hydroxylation is 1. The number of carbonyl (C=O) groups excluding carboxylic acids is 1. The van der Waals surface area contributed by atoms with E-state index in [0.29, 0.717) is 23.4 Å². The summed E-state index contributed by atoms with van der Waals surface area (Å²) in [5, 5.41) is 0. The van der Waals surface area contributed by atoms with Crippen LogP contribution in [0.4, 0.5) is 0 Å². The van der Waals surface area contributed by atoms with Crippen LogP contribution in [0.3, 0.4) is 0 Å². The fraction of sp³-hybridized carbons (Fsp3) is 0.471. The second-order valence-corrected chi connectivity index (χ2v) is 6.42. The van der Waals surface area contributed by atoms with Crippen molar-refractivity contribution in [3.05, 3.63) is 47.9 Å². The average molecular weight is 312 g/mol. The zero-order valence-corrected chi connectivity index (χ0v) is 13.2. The van der Waals surface area contributed by atoms with E-state index in [1.54, 1.807) is 0 Å². The lowest BCUT2D eigenvalue weighted by Gasteiger charge is -2.53. The van der Waals surface area contributed by atoms with Gasteiger partial charge in [-0.25, -0.2) is 4.98 Å². The zero-order valence-electron chi connectivity index (χ0n) is 13.2. The topological polar surface area (TPSA) is 62.5 Å². The average Bonchev–Trinajstić information content (AvgIpc) is 2.99. The molecule has 0 N–H and O–H groups in total. The molecule has 2 atom stereocenters. The number of likely N-dealkylation sites (tertiary alicyclic amines) is 2. The predicted octanol–water partition coefficient (Wildman–Crippen LogP) is 1.72. The summed E-state index contributed by atoms with van der Waals surface area (Å²) in [6, 6.07) is 4.55. The maximum Gasteiger partial charge on any atom is 0.291 e. The van der Waals surface area contributed by atoms with E-state index >= 15 is 0 Å². The fourth-order valence-electron chi connectivity index (χ4n) is 3.65. The van der Waals surface area contributed by atoms with Gasteiger partial charge in [-0.15, -0.1) is 0 Å². The van der Waals surface area contributed by atoms with Crippen LogP contribution >= 0.6 is 0 Å². The van der Waals surface area contributed by atoms with E-state index in [0.717, 1.165) is 32.6 Å². The molecule has 23 heavy (non-hydrogen) atoms. The van der Waals surface area contributed by atoms with E-state index in [1.165, 1.54) is 12.0 Å². The van der Waals surface area contributed by atoms with Gasteiger partial charge in [-0.1, -0.05) is 0 Å². The Balaban J connectivity index is 1.42. The zero-order chi connectivity index (χ0) is 15.8. The highest BCUT2D eigenvalue weighted by Crippen LogP contribution is 2.34. The summed E-state index contributed by atoms with van der Waals surface area (Å²) in [7, 11) is 0. The van der Waals surface area contributed by atoms with Gasteiger partial charge in [0.25, 0.3) is 5.91 Å². The Kier molecular flexibility index (Phi) is 3.61. The molecule has 4 rings (SSSR count). The standard InChI is InChI=1S/C17H20N4O2/c1-12-16(23-11-19-12)17(22)20-7-4-14-9-21(15(14)10-20)8-13-2-5-18-6-3-13/h2-3,5-6,11,14-15H,4,7-10H2,1H3/t14-,15-/m1/s1. The van der Waals surface area contributed by atoms with Crippen molar-refractivity contribution >= 4 is 5.91 Å². The highest BCUT2D eigenvalue weighted by atomic mass is 16.3. The second-order valence-electron chi connectivity index (χ2n) is 6.42. The van der Waals surface area contributed by atoms with Gasteiger partial charge in [-0.2, -0.15) is 0 Å². The summed E-state index contributed by atoms with van der Waals surface area (Å²) in [5.41, 5.74) is 1.94. The van der Waals surface area contributed by atoms with Gasteiger partial charge in [0.15, 0.2) is 6.39 Å². The molecular formula is C17H20N4O2. The Morgan fingerprint density at radius 3 is 2.91 bits per heavy atom. The second kappa shape index (κ2) is 5.77. The van der Waals surface area contributed by atoms with E-state index < -0.39 is 0 Å². The molecule has 0 unspecified atom stereocenters. The number of fused-ring (bicyclic) bond motifs is 1. The molecule has 120 valence electrons. The Bertz CT molecular complexity index is 700. The van der Waals surface area contributed by atoms with Crippen LogP contribution in [0.1, 0.15) is 28.2 Å². The normalized spacial score (nSPS) is 24.1. The van der Waals surface area contributed by atoms with Gasteiger partial charge in [0.05, 0.1) is 5.69 Å². The van der Waals surface area contributed by atoms with Crippen molar-refractivity contribution in [2.45, 2.75) is 25.9 Å². The summed E-state index contributed by atoms with van der Waals surface area (Å²) < 4.78 is 5.26. The summed E-state index contributed by atoms with van der Waals surface area (Å²) in [5.74, 6) is 1.05. The largest absolute Gasteiger partial charge is 0.438 e. The molecule has 2 fully saturated rings. The van der Waals surface area contributed by atoms with Crippen molar-refractivity contribution in [2.75, 3.05) is 19.6 Å². The molecule has 6 nitrogen and oxygen atoms in total. The van der Waals surface area contributed by atoms with Gasteiger partial charge < -0.3 is 9.32 Å². The van der Waals surface area contributed by atoms with Crippen molar-refractivity contribution in [3.8, 4) is 0 Å². The molecule has 0 saturated carbocycles. The van der Waals surface area contributed by atoms with Crippen molar-refractivity contribution < 1.29 is 9.21 Å². The predicted molar refractivity (Wildman–Crippen MR) is 83.7 cm³/mol. The molecule has 0 radical (unpaired) electrons. The first-order valence-electron chi connectivity index (χ1n) is 8.04. The van der Waals surface area contributed by atoms with Gasteiger partial charge in [-0.05, 0) is 37.0 Å². The number of hydrogen-bond donors (Lipinski definition) is 0. The van der Waals surface area contributed by atoms with Crippen LogP contribution < -0.4 is 0 Å². The summed E-state index contributed by atoms with van der Waals surface area (Å²) in [6.45, 7) is 5.43. The smallest absolute Gasteiger partial charge is 0.291 e. The lowest BCUT2D eigenvalue weighted by molar-refractivity contribution is -0.0433. The molecule has 0 bridgehead atoms. The molecule has 4 heterocycles. The molecular weight excluding hydrogens is 292 g/mol. The number of nitrogens with zero attached hydrogens (tertiary/aromatic N) is 4. The quantitative estimate of drug-likeness (QED) is 0.863. The highest BCUT2D eigenvalue weighted by molar-refractivity contribution is 5.92. The number of oxazole rings is 1. The third kappa shape index (κ3) is 2.63. The maximum atomic E-state index is 12.6. The molecule has 2 saturated heterocycles. The Hall–Kier alpha value is -2.21. The van der Waals surface area contributed by atoms with Crippen LogP contribution in [0.25, 0.3) is 0 Å². The number of piperidine rings is 1. The number of amides is 1. The first kappa shape index (κ1) is 14.4. The number of aromatic nitrogens is 2. The SMILES string of the molecule is Cc1ncoc1C(=O)N1CC[C@@H]2CN(Cc3ccncc3)[C@@H]2C1. The molecule has 6 heteroatoms. The van der Waals surface area contributed by atoms with Crippen LogP contribution in [-0.4, -0.2) is 51.4 Å². The number of rotatable bonds is 3. The van der Waals surface area contributed by atoms with Gasteiger partial charge in [-0.3, -0.25) is 14.7 Å². The first-order chi connectivity index (χ1) is 11.2. The Morgan fingerprint density at radius 2 is 2.17 bits per heavy atom. The van der Waals surface area contributed by atoms with Crippen LogP contribution in [0.5, 0.6) is 0 Å². The maximum absolute atomic E-state index is 12.6. The Morgan fingerprint density at radius 1 is 1.35 bits per heavy atom. The van der Waals surface area contributed by atoms with E-state index in [4.69, 9.17) is 4.42 Å². The number of carbonyl (C=O) groups is 1. The van der Waals surface area contributed by atoms with E-state index in [1.807, 2.05) is 24.2 Å². The third-order valence-electron chi connectivity index (χ3n) is 5.02.